The van der Waals surface area contributed by atoms with E-state index in [1.54, 1.807) is 6.07 Å². The molecule has 1 unspecified atom stereocenters. The number of carboxylic acids is 1. The van der Waals surface area contributed by atoms with Gasteiger partial charge in [0.1, 0.15) is 11.9 Å². The number of rotatable bonds is 6. The van der Waals surface area contributed by atoms with E-state index in [0.29, 0.717) is 18.5 Å². The summed E-state index contributed by atoms with van der Waals surface area (Å²) in [5.41, 5.74) is 0.715. The van der Waals surface area contributed by atoms with Crippen molar-refractivity contribution in [3.05, 3.63) is 34.1 Å². The van der Waals surface area contributed by atoms with E-state index in [0.717, 1.165) is 10.9 Å². The third kappa shape index (κ3) is 4.44. The fourth-order valence-corrected chi connectivity index (χ4v) is 1.90. The molecule has 1 aromatic carbocycles. The molecule has 0 aliphatic carbocycles. The molecule has 0 amide bonds. The summed E-state index contributed by atoms with van der Waals surface area (Å²) in [6.45, 7) is 2.25. The second-order valence-corrected chi connectivity index (χ2v) is 4.65. The number of hydrogen-bond acceptors (Lipinski definition) is 2. The van der Waals surface area contributed by atoms with Crippen LogP contribution in [-0.4, -0.2) is 17.1 Å². The molecule has 0 aliphatic heterocycles. The highest BCUT2D eigenvalue weighted by Gasteiger charge is 2.15. The third-order valence-corrected chi connectivity index (χ3v) is 3.20. The minimum absolute atomic E-state index is 0.327. The van der Waals surface area contributed by atoms with Gasteiger partial charge in [0.25, 0.3) is 0 Å². The molecule has 0 aliphatic rings. The van der Waals surface area contributed by atoms with Crippen LogP contribution in [0.15, 0.2) is 22.7 Å². The van der Waals surface area contributed by atoms with E-state index in [1.807, 2.05) is 6.92 Å². The summed E-state index contributed by atoms with van der Waals surface area (Å²) in [6, 6.07) is 3.77. The maximum Gasteiger partial charge on any atom is 0.320 e. The van der Waals surface area contributed by atoms with Crippen molar-refractivity contribution in [3.63, 3.8) is 0 Å². The van der Waals surface area contributed by atoms with Crippen LogP contribution in [0.25, 0.3) is 0 Å². The molecule has 1 rings (SSSR count). The van der Waals surface area contributed by atoms with Crippen molar-refractivity contribution >= 4 is 21.9 Å². The number of hydrogen-bond donors (Lipinski definition) is 2. The van der Waals surface area contributed by atoms with Gasteiger partial charge in [0.05, 0.1) is 0 Å². The highest BCUT2D eigenvalue weighted by molar-refractivity contribution is 9.10. The molecule has 0 saturated heterocycles. The van der Waals surface area contributed by atoms with Gasteiger partial charge in [-0.05, 0) is 30.2 Å². The van der Waals surface area contributed by atoms with Gasteiger partial charge in [-0.2, -0.15) is 0 Å². The topological polar surface area (TPSA) is 49.3 Å². The molecule has 1 aromatic rings. The molecule has 0 heterocycles. The molecule has 5 heteroatoms. The van der Waals surface area contributed by atoms with Gasteiger partial charge in [-0.15, -0.1) is 0 Å². The smallest absolute Gasteiger partial charge is 0.320 e. The Balaban J connectivity index is 2.64. The Labute approximate surface area is 108 Å². The van der Waals surface area contributed by atoms with Gasteiger partial charge in [0.2, 0.25) is 0 Å². The molecule has 3 nitrogen and oxygen atoms in total. The molecule has 2 N–H and O–H groups in total. The zero-order chi connectivity index (χ0) is 12.8. The first-order chi connectivity index (χ1) is 8.04. The lowest BCUT2D eigenvalue weighted by molar-refractivity contribution is -0.139. The van der Waals surface area contributed by atoms with Crippen LogP contribution in [0.2, 0.25) is 0 Å². The molecular formula is C12H15BrFNO2. The zero-order valence-electron chi connectivity index (χ0n) is 9.54. The summed E-state index contributed by atoms with van der Waals surface area (Å²) < 4.78 is 13.8. The summed E-state index contributed by atoms with van der Waals surface area (Å²) in [5.74, 6) is -1.20. The normalized spacial score (nSPS) is 12.4. The molecule has 94 valence electrons. The predicted octanol–water partition coefficient (Wildman–Crippen LogP) is 2.93. The van der Waals surface area contributed by atoms with E-state index < -0.39 is 12.0 Å². The Hall–Kier alpha value is -0.940. The molecule has 0 bridgehead atoms. The highest BCUT2D eigenvalue weighted by atomic mass is 79.9. The fraction of sp³-hybridized carbons (Fsp3) is 0.417. The van der Waals surface area contributed by atoms with Crippen molar-refractivity contribution in [3.8, 4) is 0 Å². The van der Waals surface area contributed by atoms with Gasteiger partial charge in [0.15, 0.2) is 0 Å². The summed E-state index contributed by atoms with van der Waals surface area (Å²) in [5, 5.41) is 11.9. The Bertz CT molecular complexity index is 398. The average Bonchev–Trinajstić information content (AvgIpc) is 2.28. The molecule has 0 saturated carbocycles. The molecular weight excluding hydrogens is 289 g/mol. The van der Waals surface area contributed by atoms with Gasteiger partial charge in [-0.1, -0.05) is 29.3 Å². The monoisotopic (exact) mass is 303 g/mol. The standard InChI is InChI=1S/C12H15BrFNO2/c1-2-3-11(12(16)17)15-7-8-6-9(14)4-5-10(8)13/h4-6,11,15H,2-3,7H2,1H3,(H,16,17). The van der Waals surface area contributed by atoms with Gasteiger partial charge >= 0.3 is 5.97 Å². The molecule has 1 atom stereocenters. The number of halogens is 2. The predicted molar refractivity (Wildman–Crippen MR) is 67.3 cm³/mol. The lowest BCUT2D eigenvalue weighted by atomic mass is 10.1. The largest absolute Gasteiger partial charge is 0.480 e. The number of carboxylic acid groups (broad SMARTS) is 1. The van der Waals surface area contributed by atoms with Crippen LogP contribution in [-0.2, 0) is 11.3 Å². The van der Waals surface area contributed by atoms with E-state index in [-0.39, 0.29) is 5.82 Å². The Morgan fingerprint density at radius 1 is 1.59 bits per heavy atom. The first kappa shape index (κ1) is 14.1. The first-order valence-corrected chi connectivity index (χ1v) is 6.24. The van der Waals surface area contributed by atoms with Crippen LogP contribution in [0.4, 0.5) is 4.39 Å². The molecule has 0 radical (unpaired) electrons. The minimum atomic E-state index is -0.876. The van der Waals surface area contributed by atoms with Gasteiger partial charge < -0.3 is 10.4 Å². The average molecular weight is 304 g/mol. The first-order valence-electron chi connectivity index (χ1n) is 5.44. The third-order valence-electron chi connectivity index (χ3n) is 2.42. The van der Waals surface area contributed by atoms with E-state index in [2.05, 4.69) is 21.2 Å². The Kier molecular flexibility index (Phi) is 5.58. The Morgan fingerprint density at radius 3 is 2.88 bits per heavy atom. The van der Waals surface area contributed by atoms with Crippen LogP contribution in [0.5, 0.6) is 0 Å². The number of benzene rings is 1. The summed E-state index contributed by atoms with van der Waals surface area (Å²) >= 11 is 3.30. The van der Waals surface area contributed by atoms with Crippen LogP contribution in [0.1, 0.15) is 25.3 Å². The van der Waals surface area contributed by atoms with Crippen molar-refractivity contribution < 1.29 is 14.3 Å². The highest BCUT2D eigenvalue weighted by Crippen LogP contribution is 2.17. The van der Waals surface area contributed by atoms with Crippen molar-refractivity contribution in [1.29, 1.82) is 0 Å². The minimum Gasteiger partial charge on any atom is -0.480 e. The van der Waals surface area contributed by atoms with Gasteiger partial charge in [0, 0.05) is 11.0 Å². The van der Waals surface area contributed by atoms with Crippen molar-refractivity contribution in [2.75, 3.05) is 0 Å². The lowest BCUT2D eigenvalue weighted by Crippen LogP contribution is -2.36. The number of nitrogens with one attached hydrogen (secondary N) is 1. The summed E-state index contributed by atoms with van der Waals surface area (Å²) in [4.78, 5) is 10.9. The second-order valence-electron chi connectivity index (χ2n) is 3.80. The van der Waals surface area contributed by atoms with Crippen LogP contribution < -0.4 is 5.32 Å². The van der Waals surface area contributed by atoms with Gasteiger partial charge in [-0.3, -0.25) is 4.79 Å². The molecule has 0 fully saturated rings. The summed E-state index contributed by atoms with van der Waals surface area (Å²) in [7, 11) is 0. The lowest BCUT2D eigenvalue weighted by Gasteiger charge is -2.14. The van der Waals surface area contributed by atoms with Crippen molar-refractivity contribution in [2.45, 2.75) is 32.4 Å². The SMILES string of the molecule is CCCC(NCc1cc(F)ccc1Br)C(=O)O. The van der Waals surface area contributed by atoms with Crippen LogP contribution >= 0.6 is 15.9 Å². The summed E-state index contributed by atoms with van der Waals surface area (Å²) in [6.07, 6.45) is 1.34. The molecule has 0 aromatic heterocycles. The van der Waals surface area contributed by atoms with E-state index >= 15 is 0 Å². The zero-order valence-corrected chi connectivity index (χ0v) is 11.1. The van der Waals surface area contributed by atoms with Crippen molar-refractivity contribution in [2.24, 2.45) is 0 Å². The second kappa shape index (κ2) is 6.71. The quantitative estimate of drug-likeness (QED) is 0.849. The van der Waals surface area contributed by atoms with Crippen LogP contribution in [0, 0.1) is 5.82 Å². The van der Waals surface area contributed by atoms with E-state index in [4.69, 9.17) is 5.11 Å². The maximum absolute atomic E-state index is 13.0. The van der Waals surface area contributed by atoms with E-state index in [1.165, 1.54) is 12.1 Å². The van der Waals surface area contributed by atoms with Crippen LogP contribution in [0.3, 0.4) is 0 Å². The molecule has 17 heavy (non-hydrogen) atoms. The number of aliphatic carboxylic acids is 1. The maximum atomic E-state index is 13.0. The van der Waals surface area contributed by atoms with E-state index in [9.17, 15) is 9.18 Å². The number of carbonyl (C=O) groups is 1. The fourth-order valence-electron chi connectivity index (χ4n) is 1.51. The molecule has 0 spiro atoms. The Morgan fingerprint density at radius 2 is 2.29 bits per heavy atom. The van der Waals surface area contributed by atoms with Gasteiger partial charge in [-0.25, -0.2) is 4.39 Å². The van der Waals surface area contributed by atoms with Crippen molar-refractivity contribution in [1.82, 2.24) is 5.32 Å².